The maximum absolute atomic E-state index is 5.91. The van der Waals surface area contributed by atoms with Gasteiger partial charge in [0, 0.05) is 12.7 Å². The zero-order valence-corrected chi connectivity index (χ0v) is 11.5. The molecule has 0 bridgehead atoms. The highest BCUT2D eigenvalue weighted by molar-refractivity contribution is 6.42. The predicted molar refractivity (Wildman–Crippen MR) is 74.1 cm³/mol. The standard InChI is InChI=1S/C10H8Cl3N5/c1-14-9-16-8(13)17-10(18-9)15-5-2-3-6(11)7(12)4-5/h2-4H,1H3,(H2,14,15,16,17,18). The van der Waals surface area contributed by atoms with Crippen molar-refractivity contribution < 1.29 is 0 Å². The normalized spacial score (nSPS) is 10.2. The fourth-order valence-corrected chi connectivity index (χ4v) is 1.68. The van der Waals surface area contributed by atoms with Crippen LogP contribution in [0.4, 0.5) is 17.6 Å². The van der Waals surface area contributed by atoms with Crippen molar-refractivity contribution in [3.63, 3.8) is 0 Å². The molecule has 1 aromatic heterocycles. The molecule has 8 heteroatoms. The molecule has 5 nitrogen and oxygen atoms in total. The molecule has 0 aliphatic heterocycles. The van der Waals surface area contributed by atoms with Crippen molar-refractivity contribution in [1.82, 2.24) is 15.0 Å². The predicted octanol–water partition coefficient (Wildman–Crippen LogP) is 3.62. The first kappa shape index (κ1) is 13.1. The summed E-state index contributed by atoms with van der Waals surface area (Å²) in [6.07, 6.45) is 0. The molecule has 0 aliphatic carbocycles. The highest BCUT2D eigenvalue weighted by Gasteiger charge is 2.05. The summed E-state index contributed by atoms with van der Waals surface area (Å²) in [6, 6.07) is 5.10. The second-order valence-electron chi connectivity index (χ2n) is 3.26. The van der Waals surface area contributed by atoms with Crippen molar-refractivity contribution in [1.29, 1.82) is 0 Å². The molecule has 0 spiro atoms. The summed E-state index contributed by atoms with van der Waals surface area (Å²) < 4.78 is 0. The van der Waals surface area contributed by atoms with E-state index < -0.39 is 0 Å². The molecule has 1 aromatic carbocycles. The number of anilines is 3. The Bertz CT molecular complexity index is 575. The van der Waals surface area contributed by atoms with Gasteiger partial charge in [0.05, 0.1) is 10.0 Å². The van der Waals surface area contributed by atoms with E-state index in [2.05, 4.69) is 25.6 Å². The monoisotopic (exact) mass is 303 g/mol. The SMILES string of the molecule is CNc1nc(Cl)nc(Nc2ccc(Cl)c(Cl)c2)n1. The van der Waals surface area contributed by atoms with Gasteiger partial charge in [-0.15, -0.1) is 0 Å². The van der Waals surface area contributed by atoms with E-state index in [1.54, 1.807) is 25.2 Å². The highest BCUT2D eigenvalue weighted by atomic mass is 35.5. The summed E-state index contributed by atoms with van der Waals surface area (Å²) in [5, 5.41) is 6.75. The number of nitrogens with one attached hydrogen (secondary N) is 2. The summed E-state index contributed by atoms with van der Waals surface area (Å²) in [4.78, 5) is 11.9. The third-order valence-corrected chi connectivity index (χ3v) is 2.92. The molecule has 1 heterocycles. The lowest BCUT2D eigenvalue weighted by atomic mass is 10.3. The zero-order chi connectivity index (χ0) is 13.1. The number of benzene rings is 1. The number of rotatable bonds is 3. The van der Waals surface area contributed by atoms with Crippen LogP contribution in [0.3, 0.4) is 0 Å². The lowest BCUT2D eigenvalue weighted by molar-refractivity contribution is 1.05. The summed E-state index contributed by atoms with van der Waals surface area (Å²) >= 11 is 17.5. The molecule has 0 radical (unpaired) electrons. The lowest BCUT2D eigenvalue weighted by Crippen LogP contribution is -2.03. The molecule has 0 fully saturated rings. The molecular formula is C10H8Cl3N5. The van der Waals surface area contributed by atoms with Gasteiger partial charge in [-0.05, 0) is 29.8 Å². The second-order valence-corrected chi connectivity index (χ2v) is 4.41. The van der Waals surface area contributed by atoms with Crippen LogP contribution >= 0.6 is 34.8 Å². The van der Waals surface area contributed by atoms with Crippen LogP contribution in [0, 0.1) is 0 Å². The van der Waals surface area contributed by atoms with Gasteiger partial charge in [-0.25, -0.2) is 0 Å². The third-order valence-electron chi connectivity index (χ3n) is 2.01. The quantitative estimate of drug-likeness (QED) is 0.907. The molecule has 0 saturated heterocycles. The zero-order valence-electron chi connectivity index (χ0n) is 9.21. The molecular weight excluding hydrogens is 297 g/mol. The minimum absolute atomic E-state index is 0.0944. The van der Waals surface area contributed by atoms with E-state index in [1.165, 1.54) is 0 Å². The van der Waals surface area contributed by atoms with Crippen LogP contribution in [0.25, 0.3) is 0 Å². The first-order chi connectivity index (χ1) is 8.58. The average molecular weight is 305 g/mol. The van der Waals surface area contributed by atoms with E-state index in [9.17, 15) is 0 Å². The Morgan fingerprint density at radius 1 is 0.944 bits per heavy atom. The molecule has 0 amide bonds. The van der Waals surface area contributed by atoms with Crippen LogP contribution in [0.5, 0.6) is 0 Å². The lowest BCUT2D eigenvalue weighted by Gasteiger charge is -2.07. The van der Waals surface area contributed by atoms with Gasteiger partial charge in [0.1, 0.15) is 0 Å². The summed E-state index contributed by atoms with van der Waals surface area (Å²) in [7, 11) is 1.69. The van der Waals surface area contributed by atoms with Crippen molar-refractivity contribution in [2.24, 2.45) is 0 Å². The van der Waals surface area contributed by atoms with Crippen molar-refractivity contribution >= 4 is 52.4 Å². The maximum Gasteiger partial charge on any atom is 0.233 e. The van der Waals surface area contributed by atoms with E-state index in [1.807, 2.05) is 0 Å². The van der Waals surface area contributed by atoms with Crippen molar-refractivity contribution in [2.45, 2.75) is 0 Å². The number of hydrogen-bond donors (Lipinski definition) is 2. The average Bonchev–Trinajstić information content (AvgIpc) is 2.33. The second kappa shape index (κ2) is 5.56. The fraction of sp³-hybridized carbons (Fsp3) is 0.100. The Morgan fingerprint density at radius 2 is 1.67 bits per heavy atom. The minimum atomic E-state index is 0.0944. The molecule has 0 aliphatic rings. The van der Waals surface area contributed by atoms with E-state index in [4.69, 9.17) is 34.8 Å². The van der Waals surface area contributed by atoms with E-state index in [-0.39, 0.29) is 5.28 Å². The topological polar surface area (TPSA) is 62.7 Å². The third kappa shape index (κ3) is 3.13. The van der Waals surface area contributed by atoms with Crippen LogP contribution in [0.1, 0.15) is 0 Å². The van der Waals surface area contributed by atoms with Crippen molar-refractivity contribution in [2.75, 3.05) is 17.7 Å². The summed E-state index contributed by atoms with van der Waals surface area (Å²) in [6.45, 7) is 0. The largest absolute Gasteiger partial charge is 0.357 e. The summed E-state index contributed by atoms with van der Waals surface area (Å²) in [5.74, 6) is 0.690. The molecule has 94 valence electrons. The first-order valence-corrected chi connectivity index (χ1v) is 6.03. The Hall–Kier alpha value is -1.30. The molecule has 0 atom stereocenters. The van der Waals surface area contributed by atoms with Gasteiger partial charge < -0.3 is 10.6 Å². The molecule has 18 heavy (non-hydrogen) atoms. The van der Waals surface area contributed by atoms with Crippen LogP contribution in [-0.2, 0) is 0 Å². The van der Waals surface area contributed by atoms with Gasteiger partial charge in [0.15, 0.2) is 0 Å². The van der Waals surface area contributed by atoms with Crippen LogP contribution in [0.2, 0.25) is 15.3 Å². The highest BCUT2D eigenvalue weighted by Crippen LogP contribution is 2.26. The molecule has 2 rings (SSSR count). The minimum Gasteiger partial charge on any atom is -0.357 e. The molecule has 2 N–H and O–H groups in total. The molecule has 0 saturated carbocycles. The summed E-state index contributed by atoms with van der Waals surface area (Å²) in [5.41, 5.74) is 0.703. The van der Waals surface area contributed by atoms with Gasteiger partial charge in [0.25, 0.3) is 0 Å². The Balaban J connectivity index is 2.27. The van der Waals surface area contributed by atoms with E-state index in [0.29, 0.717) is 27.6 Å². The number of nitrogens with zero attached hydrogens (tertiary/aromatic N) is 3. The Kier molecular flexibility index (Phi) is 4.06. The van der Waals surface area contributed by atoms with Gasteiger partial charge >= 0.3 is 0 Å². The number of halogens is 3. The van der Waals surface area contributed by atoms with Gasteiger partial charge in [-0.1, -0.05) is 23.2 Å². The fourth-order valence-electron chi connectivity index (χ4n) is 1.22. The van der Waals surface area contributed by atoms with Gasteiger partial charge in [-0.3, -0.25) is 0 Å². The Morgan fingerprint density at radius 3 is 2.33 bits per heavy atom. The van der Waals surface area contributed by atoms with Gasteiger partial charge in [-0.2, -0.15) is 15.0 Å². The van der Waals surface area contributed by atoms with Crippen LogP contribution in [-0.4, -0.2) is 22.0 Å². The molecule has 2 aromatic rings. The van der Waals surface area contributed by atoms with Crippen LogP contribution in [0.15, 0.2) is 18.2 Å². The maximum atomic E-state index is 5.91. The molecule has 0 unspecified atom stereocenters. The van der Waals surface area contributed by atoms with Gasteiger partial charge in [0.2, 0.25) is 17.2 Å². The number of aromatic nitrogens is 3. The van der Waals surface area contributed by atoms with Crippen LogP contribution < -0.4 is 10.6 Å². The van der Waals surface area contributed by atoms with E-state index >= 15 is 0 Å². The van der Waals surface area contributed by atoms with Crippen molar-refractivity contribution in [3.8, 4) is 0 Å². The van der Waals surface area contributed by atoms with Crippen molar-refractivity contribution in [3.05, 3.63) is 33.5 Å². The van der Waals surface area contributed by atoms with E-state index in [0.717, 1.165) is 0 Å². The number of hydrogen-bond acceptors (Lipinski definition) is 5. The Labute approximate surface area is 119 Å². The smallest absolute Gasteiger partial charge is 0.233 e. The first-order valence-electron chi connectivity index (χ1n) is 4.90.